The average Bonchev–Trinajstić information content (AvgIpc) is 3.05. The number of aromatic amines is 1. The van der Waals surface area contributed by atoms with Crippen molar-refractivity contribution in [1.29, 1.82) is 0 Å². The zero-order valence-corrected chi connectivity index (χ0v) is 15.1. The summed E-state index contributed by atoms with van der Waals surface area (Å²) < 4.78 is 16.0. The molecular weight excluding hydrogens is 360 g/mol. The van der Waals surface area contributed by atoms with Gasteiger partial charge in [0.15, 0.2) is 11.5 Å². The molecule has 0 aliphatic heterocycles. The minimum atomic E-state index is -1.05. The number of ether oxygens (including phenoxy) is 3. The van der Waals surface area contributed by atoms with Crippen LogP contribution in [-0.4, -0.2) is 37.4 Å². The van der Waals surface area contributed by atoms with Crippen LogP contribution in [0, 0.1) is 0 Å². The topological polar surface area (TPSA) is 92.8 Å². The molecule has 0 aliphatic carbocycles. The lowest BCUT2D eigenvalue weighted by molar-refractivity contribution is 0.0691. The van der Waals surface area contributed by atoms with Crippen molar-refractivity contribution in [3.8, 4) is 17.2 Å². The molecule has 7 nitrogen and oxygen atoms in total. The second-order valence-electron chi connectivity index (χ2n) is 5.44. The number of nitrogens with one attached hydrogen (secondary N) is 2. The molecule has 0 saturated carbocycles. The highest BCUT2D eigenvalue weighted by atomic mass is 35.5. The van der Waals surface area contributed by atoms with Crippen molar-refractivity contribution >= 4 is 39.8 Å². The summed E-state index contributed by atoms with van der Waals surface area (Å²) in [5.41, 5.74) is 2.01. The second kappa shape index (κ2) is 7.05. The molecule has 8 heteroatoms. The van der Waals surface area contributed by atoms with Gasteiger partial charge in [0.25, 0.3) is 0 Å². The summed E-state index contributed by atoms with van der Waals surface area (Å²) in [5.74, 6) is 0.420. The van der Waals surface area contributed by atoms with E-state index in [2.05, 4.69) is 10.3 Å². The number of carboxylic acids is 1. The number of aromatic nitrogens is 1. The Balaban J connectivity index is 2.10. The Bertz CT molecular complexity index is 958. The summed E-state index contributed by atoms with van der Waals surface area (Å²) in [6.45, 7) is 0. The first-order chi connectivity index (χ1) is 12.5. The molecule has 1 heterocycles. The van der Waals surface area contributed by atoms with Gasteiger partial charge in [0.2, 0.25) is 5.75 Å². The number of hydrogen-bond donors (Lipinski definition) is 3. The molecule has 3 aromatic rings. The lowest BCUT2D eigenvalue weighted by atomic mass is 10.2. The molecule has 0 atom stereocenters. The van der Waals surface area contributed by atoms with Gasteiger partial charge in [-0.1, -0.05) is 11.6 Å². The quantitative estimate of drug-likeness (QED) is 0.594. The van der Waals surface area contributed by atoms with E-state index in [-0.39, 0.29) is 5.69 Å². The van der Waals surface area contributed by atoms with E-state index >= 15 is 0 Å². The van der Waals surface area contributed by atoms with E-state index < -0.39 is 5.97 Å². The number of halogens is 1. The van der Waals surface area contributed by atoms with Crippen LogP contribution in [0.5, 0.6) is 17.2 Å². The predicted octanol–water partition coefficient (Wildman–Crippen LogP) is 4.29. The largest absolute Gasteiger partial charge is 0.493 e. The van der Waals surface area contributed by atoms with Crippen LogP contribution in [0.25, 0.3) is 10.9 Å². The minimum absolute atomic E-state index is 0.0789. The van der Waals surface area contributed by atoms with Crippen molar-refractivity contribution in [3.63, 3.8) is 0 Å². The molecule has 0 radical (unpaired) electrons. The Kier molecular flexibility index (Phi) is 4.81. The molecular formula is C18H17ClN2O5. The van der Waals surface area contributed by atoms with Crippen LogP contribution in [0.3, 0.4) is 0 Å². The van der Waals surface area contributed by atoms with E-state index in [4.69, 9.17) is 25.8 Å². The Hall–Kier alpha value is -3.06. The third-order valence-electron chi connectivity index (χ3n) is 3.88. The van der Waals surface area contributed by atoms with Crippen molar-refractivity contribution in [2.24, 2.45) is 0 Å². The number of benzene rings is 2. The third kappa shape index (κ3) is 3.21. The Morgan fingerprint density at radius 3 is 2.23 bits per heavy atom. The Labute approximate surface area is 154 Å². The Morgan fingerprint density at radius 1 is 1.04 bits per heavy atom. The van der Waals surface area contributed by atoms with E-state index in [0.717, 1.165) is 0 Å². The number of aromatic carboxylic acids is 1. The molecule has 0 bridgehead atoms. The predicted molar refractivity (Wildman–Crippen MR) is 99.6 cm³/mol. The highest BCUT2D eigenvalue weighted by molar-refractivity contribution is 6.32. The average molecular weight is 377 g/mol. The monoisotopic (exact) mass is 376 g/mol. The first-order valence-corrected chi connectivity index (χ1v) is 7.97. The molecule has 0 amide bonds. The van der Waals surface area contributed by atoms with Crippen LogP contribution in [0.1, 0.15) is 10.5 Å². The number of H-pyrrole nitrogens is 1. The molecule has 1 aromatic heterocycles. The zero-order valence-electron chi connectivity index (χ0n) is 14.3. The normalized spacial score (nSPS) is 10.6. The molecule has 136 valence electrons. The van der Waals surface area contributed by atoms with Gasteiger partial charge in [0.1, 0.15) is 5.69 Å². The standard InChI is InChI=1S/C18H17ClN2O5/c1-24-15-6-10(7-16(25-2)17(15)26-3)20-12-4-9(19)5-13-11(12)8-14(21-13)18(22)23/h4-8,20-21H,1-3H3,(H,22,23). The van der Waals surface area contributed by atoms with Crippen LogP contribution in [0.2, 0.25) is 5.02 Å². The fraction of sp³-hybridized carbons (Fsp3) is 0.167. The van der Waals surface area contributed by atoms with E-state index in [1.165, 1.54) is 21.3 Å². The molecule has 0 unspecified atom stereocenters. The van der Waals surface area contributed by atoms with Crippen molar-refractivity contribution in [3.05, 3.63) is 41.0 Å². The maximum absolute atomic E-state index is 11.2. The van der Waals surface area contributed by atoms with Gasteiger partial charge in [-0.25, -0.2) is 4.79 Å². The summed E-state index contributed by atoms with van der Waals surface area (Å²) in [7, 11) is 4.59. The van der Waals surface area contributed by atoms with Gasteiger partial charge in [-0.05, 0) is 18.2 Å². The van der Waals surface area contributed by atoms with Gasteiger partial charge in [-0.2, -0.15) is 0 Å². The van der Waals surface area contributed by atoms with Crippen LogP contribution in [-0.2, 0) is 0 Å². The molecule has 0 spiro atoms. The summed E-state index contributed by atoms with van der Waals surface area (Å²) in [4.78, 5) is 14.1. The summed E-state index contributed by atoms with van der Waals surface area (Å²) in [5, 5.41) is 13.6. The van der Waals surface area contributed by atoms with E-state index in [1.54, 1.807) is 30.3 Å². The SMILES string of the molecule is COc1cc(Nc2cc(Cl)cc3[nH]c(C(=O)O)cc23)cc(OC)c1OC. The number of carbonyl (C=O) groups is 1. The van der Waals surface area contributed by atoms with Crippen LogP contribution >= 0.6 is 11.6 Å². The Morgan fingerprint density at radius 2 is 1.69 bits per heavy atom. The van der Waals surface area contributed by atoms with Crippen molar-refractivity contribution < 1.29 is 24.1 Å². The van der Waals surface area contributed by atoms with Crippen molar-refractivity contribution in [2.75, 3.05) is 26.6 Å². The van der Waals surface area contributed by atoms with Gasteiger partial charge in [-0.15, -0.1) is 0 Å². The summed E-state index contributed by atoms with van der Waals surface area (Å²) >= 11 is 6.17. The van der Waals surface area contributed by atoms with Gasteiger partial charge in [-0.3, -0.25) is 0 Å². The fourth-order valence-corrected chi connectivity index (χ4v) is 2.95. The molecule has 3 rings (SSSR count). The van der Waals surface area contributed by atoms with Crippen LogP contribution in [0.4, 0.5) is 11.4 Å². The van der Waals surface area contributed by atoms with Crippen LogP contribution < -0.4 is 19.5 Å². The molecule has 2 aromatic carbocycles. The van der Waals surface area contributed by atoms with Gasteiger partial charge < -0.3 is 29.6 Å². The summed E-state index contributed by atoms with van der Waals surface area (Å²) in [6, 6.07) is 8.43. The van der Waals surface area contributed by atoms with E-state index in [0.29, 0.717) is 44.5 Å². The lowest BCUT2D eigenvalue weighted by Gasteiger charge is -2.15. The third-order valence-corrected chi connectivity index (χ3v) is 4.10. The molecule has 3 N–H and O–H groups in total. The van der Waals surface area contributed by atoms with Crippen molar-refractivity contribution in [2.45, 2.75) is 0 Å². The molecule has 0 saturated heterocycles. The second-order valence-corrected chi connectivity index (χ2v) is 5.88. The number of carboxylic acid groups (broad SMARTS) is 1. The minimum Gasteiger partial charge on any atom is -0.493 e. The zero-order chi connectivity index (χ0) is 18.8. The van der Waals surface area contributed by atoms with E-state index in [9.17, 15) is 9.90 Å². The number of hydrogen-bond acceptors (Lipinski definition) is 5. The van der Waals surface area contributed by atoms with Gasteiger partial charge >= 0.3 is 5.97 Å². The maximum atomic E-state index is 11.2. The fourth-order valence-electron chi connectivity index (χ4n) is 2.73. The van der Waals surface area contributed by atoms with Crippen molar-refractivity contribution in [1.82, 2.24) is 4.98 Å². The van der Waals surface area contributed by atoms with Crippen LogP contribution in [0.15, 0.2) is 30.3 Å². The lowest BCUT2D eigenvalue weighted by Crippen LogP contribution is -1.98. The highest BCUT2D eigenvalue weighted by Crippen LogP contribution is 2.41. The number of rotatable bonds is 6. The first kappa shape index (κ1) is 17.8. The van der Waals surface area contributed by atoms with Gasteiger partial charge in [0, 0.05) is 39.4 Å². The number of methoxy groups -OCH3 is 3. The smallest absolute Gasteiger partial charge is 0.352 e. The summed E-state index contributed by atoms with van der Waals surface area (Å²) in [6.07, 6.45) is 0. The first-order valence-electron chi connectivity index (χ1n) is 7.59. The molecule has 26 heavy (non-hydrogen) atoms. The molecule has 0 aliphatic rings. The van der Waals surface area contributed by atoms with Gasteiger partial charge in [0.05, 0.1) is 21.3 Å². The van der Waals surface area contributed by atoms with E-state index in [1.807, 2.05) is 0 Å². The number of anilines is 2. The highest BCUT2D eigenvalue weighted by Gasteiger charge is 2.15. The maximum Gasteiger partial charge on any atom is 0.352 e. The number of fused-ring (bicyclic) bond motifs is 1. The molecule has 0 fully saturated rings.